The molecule has 0 fully saturated rings. The summed E-state index contributed by atoms with van der Waals surface area (Å²) >= 11 is 5.80. The van der Waals surface area contributed by atoms with E-state index in [4.69, 9.17) is 11.6 Å². The molecule has 0 unspecified atom stereocenters. The van der Waals surface area contributed by atoms with Crippen LogP contribution in [0.5, 0.6) is 0 Å². The fourth-order valence-corrected chi connectivity index (χ4v) is 2.63. The Kier molecular flexibility index (Phi) is 4.81. The van der Waals surface area contributed by atoms with E-state index in [0.29, 0.717) is 10.8 Å². The predicted octanol–water partition coefficient (Wildman–Crippen LogP) is 3.61. The number of aryl methyl sites for hydroxylation is 2. The lowest BCUT2D eigenvalue weighted by Gasteiger charge is -2.08. The second kappa shape index (κ2) is 7.03. The van der Waals surface area contributed by atoms with Gasteiger partial charge in [0, 0.05) is 23.5 Å². The number of nitrogens with one attached hydrogen (secondary N) is 1. The van der Waals surface area contributed by atoms with Crippen LogP contribution in [-0.4, -0.2) is 20.7 Å². The molecule has 25 heavy (non-hydrogen) atoms. The van der Waals surface area contributed by atoms with Gasteiger partial charge in [0.25, 0.3) is 5.91 Å². The Morgan fingerprint density at radius 1 is 1.24 bits per heavy atom. The van der Waals surface area contributed by atoms with Gasteiger partial charge in [0.2, 0.25) is 0 Å². The Labute approximate surface area is 149 Å². The molecule has 0 bridgehead atoms. The van der Waals surface area contributed by atoms with Crippen molar-refractivity contribution in [2.75, 3.05) is 0 Å². The average molecular weight is 359 g/mol. The maximum atomic E-state index is 13.7. The fourth-order valence-electron chi connectivity index (χ4n) is 2.46. The molecule has 0 spiro atoms. The van der Waals surface area contributed by atoms with Gasteiger partial charge in [0.15, 0.2) is 5.82 Å². The lowest BCUT2D eigenvalue weighted by Crippen LogP contribution is -2.24. The van der Waals surface area contributed by atoms with Crippen molar-refractivity contribution in [1.82, 2.24) is 20.1 Å². The molecule has 2 aromatic heterocycles. The second-order valence-corrected chi connectivity index (χ2v) is 6.11. The first-order valence-corrected chi connectivity index (χ1v) is 8.03. The smallest absolute Gasteiger partial charge is 0.254 e. The number of aromatic nitrogens is 3. The minimum Gasteiger partial charge on any atom is -0.348 e. The number of amides is 1. The monoisotopic (exact) mass is 358 g/mol. The van der Waals surface area contributed by atoms with Gasteiger partial charge in [-0.2, -0.15) is 5.10 Å². The Balaban J connectivity index is 1.69. The largest absolute Gasteiger partial charge is 0.348 e. The molecule has 0 saturated heterocycles. The zero-order valence-electron chi connectivity index (χ0n) is 13.8. The minimum absolute atomic E-state index is 0.0836. The van der Waals surface area contributed by atoms with Crippen LogP contribution in [0.25, 0.3) is 5.82 Å². The predicted molar refractivity (Wildman–Crippen MR) is 93.4 cm³/mol. The van der Waals surface area contributed by atoms with Crippen LogP contribution in [0.15, 0.2) is 42.6 Å². The van der Waals surface area contributed by atoms with Crippen LogP contribution in [-0.2, 0) is 6.54 Å². The minimum atomic E-state index is -0.611. The number of carbonyl (C=O) groups is 1. The summed E-state index contributed by atoms with van der Waals surface area (Å²) in [6.45, 7) is 4.10. The van der Waals surface area contributed by atoms with E-state index < -0.39 is 11.7 Å². The maximum absolute atomic E-state index is 13.7. The van der Waals surface area contributed by atoms with Crippen molar-refractivity contribution in [2.24, 2.45) is 0 Å². The first kappa shape index (κ1) is 17.1. The van der Waals surface area contributed by atoms with E-state index in [1.807, 2.05) is 32.0 Å². The van der Waals surface area contributed by atoms with E-state index in [0.717, 1.165) is 17.0 Å². The summed E-state index contributed by atoms with van der Waals surface area (Å²) in [6.07, 6.45) is 1.65. The Hall–Kier alpha value is -2.73. The van der Waals surface area contributed by atoms with Gasteiger partial charge >= 0.3 is 0 Å². The molecule has 1 aromatic carbocycles. The number of carbonyl (C=O) groups excluding carboxylic acids is 1. The summed E-state index contributed by atoms with van der Waals surface area (Å²) in [7, 11) is 0. The van der Waals surface area contributed by atoms with E-state index >= 15 is 0 Å². The molecule has 0 saturated carbocycles. The highest BCUT2D eigenvalue weighted by Gasteiger charge is 2.12. The maximum Gasteiger partial charge on any atom is 0.254 e. The highest BCUT2D eigenvalue weighted by atomic mass is 35.5. The molecule has 0 aliphatic rings. The molecule has 0 aliphatic carbocycles. The van der Waals surface area contributed by atoms with Crippen molar-refractivity contribution in [3.05, 3.63) is 75.9 Å². The molecule has 0 aliphatic heterocycles. The highest BCUT2D eigenvalue weighted by molar-refractivity contribution is 6.31. The lowest BCUT2D eigenvalue weighted by molar-refractivity contribution is 0.0947. The van der Waals surface area contributed by atoms with Gasteiger partial charge < -0.3 is 5.32 Å². The number of benzene rings is 1. The third-order valence-corrected chi connectivity index (χ3v) is 3.90. The molecule has 3 rings (SSSR count). The van der Waals surface area contributed by atoms with Gasteiger partial charge in [-0.3, -0.25) is 4.79 Å². The van der Waals surface area contributed by atoms with Crippen molar-refractivity contribution < 1.29 is 9.18 Å². The van der Waals surface area contributed by atoms with Crippen molar-refractivity contribution in [2.45, 2.75) is 20.4 Å². The van der Waals surface area contributed by atoms with Crippen LogP contribution < -0.4 is 5.32 Å². The van der Waals surface area contributed by atoms with E-state index in [-0.39, 0.29) is 12.1 Å². The molecular formula is C18H16ClFN4O. The summed E-state index contributed by atoms with van der Waals surface area (Å²) in [5.74, 6) is -0.441. The van der Waals surface area contributed by atoms with Gasteiger partial charge in [-0.25, -0.2) is 14.1 Å². The lowest BCUT2D eigenvalue weighted by atomic mass is 10.2. The summed E-state index contributed by atoms with van der Waals surface area (Å²) in [6, 6.07) is 9.50. The quantitative estimate of drug-likeness (QED) is 0.775. The molecular weight excluding hydrogens is 343 g/mol. The molecule has 3 aromatic rings. The fraction of sp³-hybridized carbons (Fsp3) is 0.167. The highest BCUT2D eigenvalue weighted by Crippen LogP contribution is 2.15. The van der Waals surface area contributed by atoms with Gasteiger partial charge in [0.05, 0.1) is 11.3 Å². The zero-order valence-corrected chi connectivity index (χ0v) is 14.5. The first-order chi connectivity index (χ1) is 11.9. The Morgan fingerprint density at radius 2 is 2.04 bits per heavy atom. The zero-order chi connectivity index (χ0) is 18.0. The van der Waals surface area contributed by atoms with Crippen molar-refractivity contribution >= 4 is 17.5 Å². The molecule has 7 heteroatoms. The topological polar surface area (TPSA) is 59.8 Å². The van der Waals surface area contributed by atoms with E-state index in [2.05, 4.69) is 15.4 Å². The van der Waals surface area contributed by atoms with Crippen molar-refractivity contribution in [3.63, 3.8) is 0 Å². The molecule has 1 amide bonds. The van der Waals surface area contributed by atoms with Crippen molar-refractivity contribution in [1.29, 1.82) is 0 Å². The summed E-state index contributed by atoms with van der Waals surface area (Å²) in [4.78, 5) is 16.4. The number of pyridine rings is 1. The van der Waals surface area contributed by atoms with Crippen LogP contribution in [0, 0.1) is 19.7 Å². The number of hydrogen-bond acceptors (Lipinski definition) is 3. The third-order valence-electron chi connectivity index (χ3n) is 3.66. The summed E-state index contributed by atoms with van der Waals surface area (Å²) in [5, 5.41) is 7.34. The van der Waals surface area contributed by atoms with Crippen molar-refractivity contribution in [3.8, 4) is 5.82 Å². The van der Waals surface area contributed by atoms with E-state index in [9.17, 15) is 9.18 Å². The van der Waals surface area contributed by atoms with Gasteiger partial charge in [-0.1, -0.05) is 17.7 Å². The standard InChI is InChI=1S/C18H16ClFN4O/c1-11-7-12(2)24(23-11)17-6-3-13(9-21-17)10-22-18(25)15-8-14(19)4-5-16(15)20/h3-9H,10H2,1-2H3,(H,22,25). The van der Waals surface area contributed by atoms with Crippen LogP contribution in [0.2, 0.25) is 5.02 Å². The van der Waals surface area contributed by atoms with Gasteiger partial charge in [-0.15, -0.1) is 0 Å². The molecule has 5 nitrogen and oxygen atoms in total. The van der Waals surface area contributed by atoms with Crippen LogP contribution in [0.4, 0.5) is 4.39 Å². The number of rotatable bonds is 4. The summed E-state index contributed by atoms with van der Waals surface area (Å²) < 4.78 is 15.4. The third kappa shape index (κ3) is 3.85. The first-order valence-electron chi connectivity index (χ1n) is 7.66. The van der Waals surface area contributed by atoms with Gasteiger partial charge in [0.1, 0.15) is 5.82 Å². The van der Waals surface area contributed by atoms with Crippen LogP contribution >= 0.6 is 11.6 Å². The average Bonchev–Trinajstić information content (AvgIpc) is 2.93. The van der Waals surface area contributed by atoms with Crippen LogP contribution in [0.1, 0.15) is 27.3 Å². The summed E-state index contributed by atoms with van der Waals surface area (Å²) in [5.41, 5.74) is 2.61. The number of nitrogens with zero attached hydrogens (tertiary/aromatic N) is 3. The Bertz CT molecular complexity index is 921. The Morgan fingerprint density at radius 3 is 2.68 bits per heavy atom. The molecule has 1 N–H and O–H groups in total. The van der Waals surface area contributed by atoms with Gasteiger partial charge in [-0.05, 0) is 49.7 Å². The molecule has 0 radical (unpaired) electrons. The van der Waals surface area contributed by atoms with E-state index in [1.165, 1.54) is 18.2 Å². The normalized spacial score (nSPS) is 10.7. The molecule has 128 valence electrons. The number of halogens is 2. The second-order valence-electron chi connectivity index (χ2n) is 5.67. The molecule has 2 heterocycles. The van der Waals surface area contributed by atoms with E-state index in [1.54, 1.807) is 10.9 Å². The SMILES string of the molecule is Cc1cc(C)n(-c2ccc(CNC(=O)c3cc(Cl)ccc3F)cn2)n1. The number of hydrogen-bond donors (Lipinski definition) is 1. The van der Waals surface area contributed by atoms with Crippen LogP contribution in [0.3, 0.4) is 0 Å². The molecule has 0 atom stereocenters.